The van der Waals surface area contributed by atoms with Gasteiger partial charge in [0, 0.05) is 34.0 Å². The molecule has 0 unspecified atom stereocenters. The fraction of sp³-hybridized carbons (Fsp3) is 0.333. The van der Waals surface area contributed by atoms with Crippen molar-refractivity contribution in [1.29, 1.82) is 0 Å². The summed E-state index contributed by atoms with van der Waals surface area (Å²) >= 11 is 0. The molecule has 0 aromatic heterocycles. The summed E-state index contributed by atoms with van der Waals surface area (Å²) in [7, 11) is 0. The van der Waals surface area contributed by atoms with Gasteiger partial charge in [-0.15, -0.1) is 0 Å². The fourth-order valence-electron chi connectivity index (χ4n) is 13.4. The normalized spacial score (nSPS) is 19.4. The number of anilines is 5. The molecule has 0 bridgehead atoms. The van der Waals surface area contributed by atoms with Crippen LogP contribution in [0.3, 0.4) is 0 Å². The number of fused-ring (bicyclic) bond motifs is 8. The molecule has 2 nitrogen and oxygen atoms in total. The van der Waals surface area contributed by atoms with Crippen LogP contribution in [0.1, 0.15) is 152 Å². The van der Waals surface area contributed by atoms with Crippen LogP contribution in [0.2, 0.25) is 0 Å². The van der Waals surface area contributed by atoms with Crippen LogP contribution in [0.5, 0.6) is 0 Å². The molecule has 3 heterocycles. The van der Waals surface area contributed by atoms with E-state index in [1.807, 2.05) is 0 Å². The van der Waals surface area contributed by atoms with Crippen molar-refractivity contribution in [1.82, 2.24) is 0 Å². The van der Waals surface area contributed by atoms with Crippen molar-refractivity contribution in [3.05, 3.63) is 196 Å². The van der Waals surface area contributed by atoms with Crippen molar-refractivity contribution in [3.63, 3.8) is 0 Å². The van der Waals surface area contributed by atoms with E-state index in [2.05, 4.69) is 231 Å². The van der Waals surface area contributed by atoms with Crippen molar-refractivity contribution in [2.45, 2.75) is 134 Å². The Hall–Kier alpha value is -5.80. The number of rotatable bonds is 3. The van der Waals surface area contributed by atoms with Crippen molar-refractivity contribution in [2.24, 2.45) is 0 Å². The summed E-state index contributed by atoms with van der Waals surface area (Å²) in [6.45, 7) is 26.9. The van der Waals surface area contributed by atoms with E-state index >= 15 is 0 Å². The first kappa shape index (κ1) is 41.6. The predicted molar refractivity (Wildman–Crippen MR) is 281 cm³/mol. The number of nitrogens with zero attached hydrogens (tertiary/aromatic N) is 2. The number of hydrogen-bond donors (Lipinski definition) is 0. The average molecular weight is 861 g/mol. The van der Waals surface area contributed by atoms with Crippen molar-refractivity contribution < 1.29 is 0 Å². The Labute approximate surface area is 395 Å². The first-order valence-electron chi connectivity index (χ1n) is 24.8. The van der Waals surface area contributed by atoms with Crippen LogP contribution in [0.4, 0.5) is 28.4 Å². The van der Waals surface area contributed by atoms with Gasteiger partial charge in [-0.05, 0) is 150 Å². The van der Waals surface area contributed by atoms with E-state index in [9.17, 15) is 0 Å². The van der Waals surface area contributed by atoms with Gasteiger partial charge >= 0.3 is 6.85 Å². The van der Waals surface area contributed by atoms with Crippen LogP contribution >= 0.6 is 0 Å². The maximum atomic E-state index is 2.80. The average Bonchev–Trinajstić information content (AvgIpc) is 3.30. The number of benzene rings is 7. The van der Waals surface area contributed by atoms with Gasteiger partial charge in [-0.2, -0.15) is 0 Å². The summed E-state index contributed by atoms with van der Waals surface area (Å²) in [6, 6.07) is 57.4. The lowest BCUT2D eigenvalue weighted by atomic mass is 9.41. The Morgan fingerprint density at radius 1 is 0.439 bits per heavy atom. The van der Waals surface area contributed by atoms with Crippen LogP contribution in [-0.4, -0.2) is 6.85 Å². The topological polar surface area (TPSA) is 6.48 Å². The van der Waals surface area contributed by atoms with Gasteiger partial charge in [0.05, 0.1) is 5.41 Å². The standard InChI is InChI=1S/C63H65BN2/c1-58(2,3)42-35-45-44-25-20-27-48-57(44)66(53-28-19-18-26-47(53)63(48,40-21-14-12-15-22-40)41-23-16-13-17-24-41)64-52-38-50-51(62(10,11)34-33-61(50,8)9)39-54(52)65(55(36-42)56(45)64)43-29-30-46-49(37-43)60(6,7)32-31-59(46,4)5/h12-30,35-39H,31-34H2,1-11H3. The van der Waals surface area contributed by atoms with Gasteiger partial charge in [0.15, 0.2) is 0 Å². The summed E-state index contributed by atoms with van der Waals surface area (Å²) in [4.78, 5) is 5.52. The molecule has 66 heavy (non-hydrogen) atoms. The van der Waals surface area contributed by atoms with Crippen LogP contribution in [0.15, 0.2) is 146 Å². The van der Waals surface area contributed by atoms with Gasteiger partial charge in [-0.25, -0.2) is 0 Å². The van der Waals surface area contributed by atoms with Crippen molar-refractivity contribution in [2.75, 3.05) is 9.71 Å². The van der Waals surface area contributed by atoms with Gasteiger partial charge < -0.3 is 9.71 Å². The Morgan fingerprint density at radius 2 is 0.985 bits per heavy atom. The second-order valence-electron chi connectivity index (χ2n) is 24.2. The lowest BCUT2D eigenvalue weighted by molar-refractivity contribution is 0.332. The molecule has 2 aliphatic carbocycles. The molecule has 3 aliphatic heterocycles. The summed E-state index contributed by atoms with van der Waals surface area (Å²) in [5.41, 5.74) is 24.3. The highest BCUT2D eigenvalue weighted by molar-refractivity contribution is 6.93. The minimum atomic E-state index is -0.544. The Balaban J connectivity index is 1.25. The quantitative estimate of drug-likeness (QED) is 0.163. The van der Waals surface area contributed by atoms with Gasteiger partial charge in [0.2, 0.25) is 0 Å². The summed E-state index contributed by atoms with van der Waals surface area (Å²) in [6.07, 6.45) is 4.72. The molecule has 7 aromatic rings. The molecule has 0 atom stereocenters. The SMILES string of the molecule is CC(C)(C)c1cc2c3c(c1)N(c1ccc4c(c1)C(C)(C)CCC4(C)C)c1cc4c(cc1B3N1c3ccccc3C(c3ccccc3)(c3ccccc3)c3cccc-2c31)C(C)(C)CCC4(C)C. The Bertz CT molecular complexity index is 3100. The zero-order chi connectivity index (χ0) is 45.9. The second kappa shape index (κ2) is 13.7. The third kappa shape index (κ3) is 5.61. The van der Waals surface area contributed by atoms with Crippen LogP contribution in [0, 0.1) is 0 Å². The highest BCUT2D eigenvalue weighted by Crippen LogP contribution is 2.61. The Morgan fingerprint density at radius 3 is 1.61 bits per heavy atom. The van der Waals surface area contributed by atoms with Gasteiger partial charge in [-0.3, -0.25) is 0 Å². The molecule has 7 aromatic carbocycles. The molecule has 0 saturated carbocycles. The lowest BCUT2D eigenvalue weighted by Crippen LogP contribution is -2.63. The molecule has 3 heteroatoms. The van der Waals surface area contributed by atoms with E-state index in [1.54, 1.807) is 0 Å². The summed E-state index contributed by atoms with van der Waals surface area (Å²) in [5, 5.41) is 0. The highest BCUT2D eigenvalue weighted by Gasteiger charge is 2.54. The monoisotopic (exact) mass is 861 g/mol. The van der Waals surface area contributed by atoms with E-state index in [0.717, 1.165) is 0 Å². The highest BCUT2D eigenvalue weighted by atomic mass is 15.2. The fourth-order valence-corrected chi connectivity index (χ4v) is 13.4. The van der Waals surface area contributed by atoms with Gasteiger partial charge in [0.25, 0.3) is 0 Å². The Kier molecular flexibility index (Phi) is 8.61. The van der Waals surface area contributed by atoms with Gasteiger partial charge in [0.1, 0.15) is 0 Å². The van der Waals surface area contributed by atoms with Gasteiger partial charge in [-0.1, -0.05) is 191 Å². The summed E-state index contributed by atoms with van der Waals surface area (Å²) < 4.78 is 0. The molecule has 5 aliphatic rings. The molecule has 12 rings (SSSR count). The molecular formula is C63H65BN2. The van der Waals surface area contributed by atoms with E-state index in [-0.39, 0.29) is 33.9 Å². The molecule has 330 valence electrons. The number of hydrogen-bond acceptors (Lipinski definition) is 2. The van der Waals surface area contributed by atoms with Crippen LogP contribution in [0.25, 0.3) is 11.1 Å². The molecule has 0 radical (unpaired) electrons. The first-order chi connectivity index (χ1) is 31.3. The van der Waals surface area contributed by atoms with Crippen LogP contribution < -0.4 is 20.6 Å². The molecule has 0 amide bonds. The van der Waals surface area contributed by atoms with Crippen molar-refractivity contribution in [3.8, 4) is 11.1 Å². The van der Waals surface area contributed by atoms with Crippen molar-refractivity contribution >= 4 is 46.2 Å². The zero-order valence-electron chi connectivity index (χ0n) is 41.2. The third-order valence-electron chi connectivity index (χ3n) is 17.4. The molecule has 0 N–H and O–H groups in total. The largest absolute Gasteiger partial charge is 0.376 e. The molecule has 0 saturated heterocycles. The maximum Gasteiger partial charge on any atom is 0.333 e. The maximum absolute atomic E-state index is 2.80. The van der Waals surface area contributed by atoms with E-state index in [1.165, 1.54) is 126 Å². The third-order valence-corrected chi connectivity index (χ3v) is 17.4. The second-order valence-corrected chi connectivity index (χ2v) is 24.2. The molecule has 0 fully saturated rings. The predicted octanol–water partition coefficient (Wildman–Crippen LogP) is 15.1. The van der Waals surface area contributed by atoms with E-state index < -0.39 is 5.41 Å². The van der Waals surface area contributed by atoms with Crippen LogP contribution in [-0.2, 0) is 32.5 Å². The molecule has 0 spiro atoms. The van der Waals surface area contributed by atoms with E-state index in [0.29, 0.717) is 0 Å². The smallest absolute Gasteiger partial charge is 0.333 e. The molecular weight excluding hydrogens is 796 g/mol. The summed E-state index contributed by atoms with van der Waals surface area (Å²) in [5.74, 6) is 0. The van der Waals surface area contributed by atoms with E-state index in [4.69, 9.17) is 0 Å². The lowest BCUT2D eigenvalue weighted by Gasteiger charge is -2.53. The minimum absolute atomic E-state index is 0.0403. The number of para-hydroxylation sites is 2. The first-order valence-corrected chi connectivity index (χ1v) is 24.8. The minimum Gasteiger partial charge on any atom is -0.376 e. The zero-order valence-corrected chi connectivity index (χ0v) is 41.2.